The molecular weight excluding hydrogens is 314 g/mol. The standard InChI is InChI=1S/C18H19N7/c19-12-14-3-5-15(6-4-14)16-11-17(23-18-21-13-22-25(16)18)20-7-10-24-8-1-2-9-24/h3-6,11,13H,1-2,7-10H2,(H,20,21,22,23). The van der Waals surface area contributed by atoms with Gasteiger partial charge in [-0.05, 0) is 38.1 Å². The summed E-state index contributed by atoms with van der Waals surface area (Å²) in [6, 6.07) is 11.6. The van der Waals surface area contributed by atoms with Gasteiger partial charge in [0.1, 0.15) is 12.1 Å². The van der Waals surface area contributed by atoms with Crippen molar-refractivity contribution >= 4 is 11.6 Å². The Hall–Kier alpha value is -2.98. The minimum Gasteiger partial charge on any atom is -0.369 e. The lowest BCUT2D eigenvalue weighted by atomic mass is 10.1. The van der Waals surface area contributed by atoms with Gasteiger partial charge in [0.05, 0.1) is 17.3 Å². The lowest BCUT2D eigenvalue weighted by Gasteiger charge is -2.15. The number of nitriles is 1. The number of fused-ring (bicyclic) bond motifs is 1. The highest BCUT2D eigenvalue weighted by Gasteiger charge is 2.12. The zero-order valence-corrected chi connectivity index (χ0v) is 13.9. The Labute approximate surface area is 145 Å². The van der Waals surface area contributed by atoms with E-state index in [4.69, 9.17) is 5.26 Å². The third-order valence-electron chi connectivity index (χ3n) is 4.49. The van der Waals surface area contributed by atoms with Crippen LogP contribution in [0.25, 0.3) is 17.0 Å². The highest BCUT2D eigenvalue weighted by molar-refractivity contribution is 5.66. The maximum absolute atomic E-state index is 8.97. The topological polar surface area (TPSA) is 82.1 Å². The van der Waals surface area contributed by atoms with E-state index in [0.29, 0.717) is 11.3 Å². The van der Waals surface area contributed by atoms with Crippen LogP contribution < -0.4 is 5.32 Å². The van der Waals surface area contributed by atoms with Gasteiger partial charge in [0.25, 0.3) is 5.78 Å². The third-order valence-corrected chi connectivity index (χ3v) is 4.49. The summed E-state index contributed by atoms with van der Waals surface area (Å²) in [4.78, 5) is 11.2. The molecule has 0 spiro atoms. The Morgan fingerprint density at radius 2 is 1.96 bits per heavy atom. The molecular formula is C18H19N7. The Kier molecular flexibility index (Phi) is 4.27. The van der Waals surface area contributed by atoms with Gasteiger partial charge in [-0.3, -0.25) is 0 Å². The van der Waals surface area contributed by atoms with Gasteiger partial charge in [-0.1, -0.05) is 12.1 Å². The van der Waals surface area contributed by atoms with Gasteiger partial charge < -0.3 is 10.2 Å². The zero-order chi connectivity index (χ0) is 17.1. The largest absolute Gasteiger partial charge is 0.369 e. The van der Waals surface area contributed by atoms with E-state index >= 15 is 0 Å². The minimum atomic E-state index is 0.561. The van der Waals surface area contributed by atoms with Crippen molar-refractivity contribution in [3.8, 4) is 17.3 Å². The number of nitrogens with zero attached hydrogens (tertiary/aromatic N) is 6. The van der Waals surface area contributed by atoms with Gasteiger partial charge >= 0.3 is 0 Å². The second-order valence-electron chi connectivity index (χ2n) is 6.16. The van der Waals surface area contributed by atoms with Crippen LogP contribution in [0.3, 0.4) is 0 Å². The van der Waals surface area contributed by atoms with Crippen molar-refractivity contribution in [2.45, 2.75) is 12.8 Å². The van der Waals surface area contributed by atoms with Crippen LogP contribution in [0, 0.1) is 11.3 Å². The molecule has 7 nitrogen and oxygen atoms in total. The maximum Gasteiger partial charge on any atom is 0.254 e. The molecule has 4 rings (SSSR count). The molecule has 1 fully saturated rings. The van der Waals surface area contributed by atoms with E-state index in [1.807, 2.05) is 18.2 Å². The van der Waals surface area contributed by atoms with E-state index < -0.39 is 0 Å². The Bertz CT molecular complexity index is 901. The van der Waals surface area contributed by atoms with Gasteiger partial charge in [0.2, 0.25) is 0 Å². The highest BCUT2D eigenvalue weighted by atomic mass is 15.3. The first-order valence-corrected chi connectivity index (χ1v) is 8.51. The molecule has 1 saturated heterocycles. The lowest BCUT2D eigenvalue weighted by molar-refractivity contribution is 0.352. The third kappa shape index (κ3) is 3.30. The minimum absolute atomic E-state index is 0.561. The molecule has 1 aromatic carbocycles. The summed E-state index contributed by atoms with van der Waals surface area (Å²) in [6.45, 7) is 4.25. The fraction of sp³-hybridized carbons (Fsp3) is 0.333. The maximum atomic E-state index is 8.97. The summed E-state index contributed by atoms with van der Waals surface area (Å²) < 4.78 is 1.72. The van der Waals surface area contributed by atoms with Crippen molar-refractivity contribution < 1.29 is 0 Å². The molecule has 7 heteroatoms. The summed E-state index contributed by atoms with van der Waals surface area (Å²) in [5.41, 5.74) is 2.51. The quantitative estimate of drug-likeness (QED) is 0.770. The predicted octanol–water partition coefficient (Wildman–Crippen LogP) is 2.17. The molecule has 3 heterocycles. The van der Waals surface area contributed by atoms with E-state index in [9.17, 15) is 0 Å². The molecule has 0 aliphatic carbocycles. The summed E-state index contributed by atoms with van der Waals surface area (Å²) in [6.07, 6.45) is 4.10. The van der Waals surface area contributed by atoms with Gasteiger partial charge in [0, 0.05) is 24.7 Å². The average molecular weight is 333 g/mol. The van der Waals surface area contributed by atoms with E-state index in [-0.39, 0.29) is 0 Å². The Morgan fingerprint density at radius 1 is 1.16 bits per heavy atom. The van der Waals surface area contributed by atoms with E-state index in [2.05, 4.69) is 31.4 Å². The van der Waals surface area contributed by atoms with Crippen LogP contribution in [0.4, 0.5) is 5.82 Å². The monoisotopic (exact) mass is 333 g/mol. The second-order valence-corrected chi connectivity index (χ2v) is 6.16. The van der Waals surface area contributed by atoms with Crippen LogP contribution in [-0.2, 0) is 0 Å². The smallest absolute Gasteiger partial charge is 0.254 e. The number of benzene rings is 1. The number of likely N-dealkylation sites (tertiary alicyclic amines) is 1. The normalized spacial score (nSPS) is 14.7. The molecule has 3 aromatic rings. The molecule has 0 bridgehead atoms. The highest BCUT2D eigenvalue weighted by Crippen LogP contribution is 2.22. The van der Waals surface area contributed by atoms with Crippen LogP contribution in [0.2, 0.25) is 0 Å². The first kappa shape index (κ1) is 15.5. The van der Waals surface area contributed by atoms with Crippen molar-refractivity contribution in [2.75, 3.05) is 31.5 Å². The molecule has 0 radical (unpaired) electrons. The van der Waals surface area contributed by atoms with Crippen LogP contribution in [0.15, 0.2) is 36.7 Å². The van der Waals surface area contributed by atoms with Gasteiger partial charge in [0.15, 0.2) is 0 Å². The molecule has 0 saturated carbocycles. The summed E-state index contributed by atoms with van der Waals surface area (Å²) in [5.74, 6) is 1.35. The van der Waals surface area contributed by atoms with Crippen molar-refractivity contribution in [3.63, 3.8) is 0 Å². The molecule has 0 amide bonds. The molecule has 25 heavy (non-hydrogen) atoms. The summed E-state index contributed by atoms with van der Waals surface area (Å²) >= 11 is 0. The van der Waals surface area contributed by atoms with Crippen LogP contribution in [0.1, 0.15) is 18.4 Å². The van der Waals surface area contributed by atoms with Gasteiger partial charge in [-0.25, -0.2) is 0 Å². The molecule has 2 aromatic heterocycles. The van der Waals surface area contributed by atoms with Gasteiger partial charge in [-0.15, -0.1) is 0 Å². The number of nitrogens with one attached hydrogen (secondary N) is 1. The number of hydrogen-bond acceptors (Lipinski definition) is 6. The number of aromatic nitrogens is 4. The fourth-order valence-electron chi connectivity index (χ4n) is 3.17. The molecule has 1 aliphatic rings. The number of hydrogen-bond donors (Lipinski definition) is 1. The first-order chi connectivity index (χ1) is 12.3. The van der Waals surface area contributed by atoms with Crippen molar-refractivity contribution in [1.29, 1.82) is 5.26 Å². The lowest BCUT2D eigenvalue weighted by Crippen LogP contribution is -2.26. The fourth-order valence-corrected chi connectivity index (χ4v) is 3.17. The van der Waals surface area contributed by atoms with E-state index in [1.165, 1.54) is 32.3 Å². The Balaban J connectivity index is 1.59. The number of rotatable bonds is 5. The second kappa shape index (κ2) is 6.87. The van der Waals surface area contributed by atoms with Crippen molar-refractivity contribution in [1.82, 2.24) is 24.5 Å². The van der Waals surface area contributed by atoms with Crippen LogP contribution >= 0.6 is 0 Å². The van der Waals surface area contributed by atoms with Crippen molar-refractivity contribution in [3.05, 3.63) is 42.2 Å². The summed E-state index contributed by atoms with van der Waals surface area (Å²) in [5, 5.41) is 16.6. The number of anilines is 1. The van der Waals surface area contributed by atoms with E-state index in [0.717, 1.165) is 30.2 Å². The molecule has 1 aliphatic heterocycles. The van der Waals surface area contributed by atoms with Crippen LogP contribution in [0.5, 0.6) is 0 Å². The predicted molar refractivity (Wildman–Crippen MR) is 95.1 cm³/mol. The first-order valence-electron chi connectivity index (χ1n) is 8.51. The molecule has 0 atom stereocenters. The zero-order valence-electron chi connectivity index (χ0n) is 13.9. The summed E-state index contributed by atoms with van der Waals surface area (Å²) in [7, 11) is 0. The molecule has 0 unspecified atom stereocenters. The van der Waals surface area contributed by atoms with E-state index in [1.54, 1.807) is 16.6 Å². The Morgan fingerprint density at radius 3 is 2.72 bits per heavy atom. The van der Waals surface area contributed by atoms with Crippen molar-refractivity contribution in [2.24, 2.45) is 0 Å². The van der Waals surface area contributed by atoms with Gasteiger partial charge in [-0.2, -0.15) is 24.8 Å². The van der Waals surface area contributed by atoms with Crippen LogP contribution in [-0.4, -0.2) is 50.7 Å². The molecule has 126 valence electrons. The molecule has 1 N–H and O–H groups in total. The SMILES string of the molecule is N#Cc1ccc(-c2cc(NCCN3CCCC3)nc3ncnn23)cc1. The average Bonchev–Trinajstić information content (AvgIpc) is 3.33.